The quantitative estimate of drug-likeness (QED) is 0.813. The fourth-order valence-corrected chi connectivity index (χ4v) is 2.72. The zero-order valence-electron chi connectivity index (χ0n) is 12.5. The van der Waals surface area contributed by atoms with Crippen molar-refractivity contribution >= 4 is 18.3 Å². The number of H-pyrrole nitrogens is 1. The summed E-state index contributed by atoms with van der Waals surface area (Å²) < 4.78 is 0. The number of aromatic nitrogens is 2. The van der Waals surface area contributed by atoms with Gasteiger partial charge in [-0.2, -0.15) is 5.10 Å². The molecule has 1 fully saturated rings. The van der Waals surface area contributed by atoms with Crippen molar-refractivity contribution in [2.24, 2.45) is 0 Å². The van der Waals surface area contributed by atoms with Gasteiger partial charge in [0, 0.05) is 17.6 Å². The van der Waals surface area contributed by atoms with Crippen LogP contribution >= 0.6 is 12.4 Å². The van der Waals surface area contributed by atoms with Crippen molar-refractivity contribution < 1.29 is 4.79 Å². The molecular weight excluding hydrogens is 300 g/mol. The summed E-state index contributed by atoms with van der Waals surface area (Å²) in [6.07, 6.45) is 1.93. The lowest BCUT2D eigenvalue weighted by molar-refractivity contribution is 0.0920. The van der Waals surface area contributed by atoms with Crippen molar-refractivity contribution in [3.05, 3.63) is 42.1 Å². The average molecular weight is 321 g/mol. The number of rotatable bonds is 3. The maximum Gasteiger partial charge on any atom is 0.269 e. The molecule has 2 heterocycles. The van der Waals surface area contributed by atoms with E-state index in [4.69, 9.17) is 0 Å². The van der Waals surface area contributed by atoms with E-state index in [1.54, 1.807) is 6.07 Å². The molecule has 5 nitrogen and oxygen atoms in total. The van der Waals surface area contributed by atoms with Crippen LogP contribution in [0.5, 0.6) is 0 Å². The summed E-state index contributed by atoms with van der Waals surface area (Å²) in [7, 11) is 0. The molecule has 2 unspecified atom stereocenters. The maximum absolute atomic E-state index is 12.3. The molecule has 0 spiro atoms. The molecule has 1 aliphatic heterocycles. The van der Waals surface area contributed by atoms with Crippen molar-refractivity contribution in [2.45, 2.75) is 31.8 Å². The van der Waals surface area contributed by atoms with Crippen LogP contribution in [0.4, 0.5) is 0 Å². The first-order valence-corrected chi connectivity index (χ1v) is 7.37. The molecule has 0 bridgehead atoms. The van der Waals surface area contributed by atoms with E-state index in [9.17, 15) is 4.79 Å². The lowest BCUT2D eigenvalue weighted by atomic mass is 10.0. The summed E-state index contributed by atoms with van der Waals surface area (Å²) in [6.45, 7) is 3.09. The highest BCUT2D eigenvalue weighted by molar-refractivity contribution is 5.93. The van der Waals surface area contributed by atoms with Crippen LogP contribution in [0.2, 0.25) is 0 Å². The van der Waals surface area contributed by atoms with Gasteiger partial charge in [-0.25, -0.2) is 0 Å². The normalized spacial score (nSPS) is 21.0. The Labute approximate surface area is 136 Å². The number of nitrogens with zero attached hydrogens (tertiary/aromatic N) is 1. The first-order valence-electron chi connectivity index (χ1n) is 7.37. The Bertz CT molecular complexity index is 614. The first-order chi connectivity index (χ1) is 10.2. The van der Waals surface area contributed by atoms with Gasteiger partial charge in [-0.1, -0.05) is 30.3 Å². The molecule has 1 aromatic carbocycles. The smallest absolute Gasteiger partial charge is 0.269 e. The summed E-state index contributed by atoms with van der Waals surface area (Å²) in [6, 6.07) is 12.3. The van der Waals surface area contributed by atoms with Gasteiger partial charge >= 0.3 is 0 Å². The summed E-state index contributed by atoms with van der Waals surface area (Å²) in [5.74, 6) is -0.0798. The molecule has 1 aromatic heterocycles. The van der Waals surface area contributed by atoms with Gasteiger partial charge < -0.3 is 10.6 Å². The molecule has 1 amide bonds. The van der Waals surface area contributed by atoms with Crippen molar-refractivity contribution in [2.75, 3.05) is 6.54 Å². The summed E-state index contributed by atoms with van der Waals surface area (Å²) in [5, 5.41) is 13.5. The molecule has 0 saturated carbocycles. The van der Waals surface area contributed by atoms with Gasteiger partial charge in [-0.15, -0.1) is 12.4 Å². The third kappa shape index (κ3) is 3.87. The minimum Gasteiger partial charge on any atom is -0.348 e. The van der Waals surface area contributed by atoms with Crippen LogP contribution < -0.4 is 10.6 Å². The lowest BCUT2D eigenvalue weighted by Gasteiger charge is -2.28. The molecule has 0 radical (unpaired) electrons. The van der Waals surface area contributed by atoms with Crippen molar-refractivity contribution in [3.63, 3.8) is 0 Å². The van der Waals surface area contributed by atoms with E-state index in [2.05, 4.69) is 27.8 Å². The Kier molecular flexibility index (Phi) is 5.57. The predicted molar refractivity (Wildman–Crippen MR) is 89.2 cm³/mol. The van der Waals surface area contributed by atoms with E-state index < -0.39 is 0 Å². The standard InChI is InChI=1S/C16H20N4O.ClH/c1-11-9-13(7-8-17-11)18-16(21)15-10-14(19-20-15)12-5-3-2-4-6-12;/h2-6,10-11,13,17H,7-9H2,1H3,(H,18,21)(H,19,20);1H. The Morgan fingerprint density at radius 2 is 2.09 bits per heavy atom. The number of hydrogen-bond acceptors (Lipinski definition) is 3. The van der Waals surface area contributed by atoms with Gasteiger partial charge in [0.15, 0.2) is 0 Å². The Hall–Kier alpha value is -1.85. The molecule has 3 N–H and O–H groups in total. The van der Waals surface area contributed by atoms with Crippen LogP contribution in [0, 0.1) is 0 Å². The number of benzene rings is 1. The Balaban J connectivity index is 0.00000176. The molecule has 1 aliphatic rings. The second kappa shape index (κ2) is 7.42. The van der Waals surface area contributed by atoms with E-state index in [-0.39, 0.29) is 24.4 Å². The SMILES string of the molecule is CC1CC(NC(=O)c2cc(-c3ccccc3)n[nH]2)CCN1.Cl. The number of piperidine rings is 1. The molecule has 3 rings (SSSR count). The average Bonchev–Trinajstić information content (AvgIpc) is 2.98. The summed E-state index contributed by atoms with van der Waals surface area (Å²) >= 11 is 0. The van der Waals surface area contributed by atoms with E-state index >= 15 is 0 Å². The second-order valence-corrected chi connectivity index (χ2v) is 5.58. The first kappa shape index (κ1) is 16.5. The molecule has 1 saturated heterocycles. The minimum absolute atomic E-state index is 0. The number of aromatic amines is 1. The maximum atomic E-state index is 12.3. The van der Waals surface area contributed by atoms with Crippen molar-refractivity contribution in [1.82, 2.24) is 20.8 Å². The zero-order valence-corrected chi connectivity index (χ0v) is 13.3. The molecule has 118 valence electrons. The zero-order chi connectivity index (χ0) is 14.7. The highest BCUT2D eigenvalue weighted by Gasteiger charge is 2.21. The minimum atomic E-state index is -0.0798. The summed E-state index contributed by atoms with van der Waals surface area (Å²) in [4.78, 5) is 12.3. The van der Waals surface area contributed by atoms with E-state index in [1.807, 2.05) is 30.3 Å². The molecular formula is C16H21ClN4O. The number of hydrogen-bond donors (Lipinski definition) is 3. The number of halogens is 1. The van der Waals surface area contributed by atoms with Gasteiger partial charge in [0.25, 0.3) is 5.91 Å². The number of amides is 1. The number of carbonyl (C=O) groups excluding carboxylic acids is 1. The number of carbonyl (C=O) groups is 1. The van der Waals surface area contributed by atoms with Gasteiger partial charge in [0.2, 0.25) is 0 Å². The molecule has 0 aliphatic carbocycles. The van der Waals surface area contributed by atoms with E-state index in [0.29, 0.717) is 11.7 Å². The monoisotopic (exact) mass is 320 g/mol. The van der Waals surface area contributed by atoms with Crippen molar-refractivity contribution in [3.8, 4) is 11.3 Å². The highest BCUT2D eigenvalue weighted by atomic mass is 35.5. The molecule has 22 heavy (non-hydrogen) atoms. The summed E-state index contributed by atoms with van der Waals surface area (Å²) in [5.41, 5.74) is 2.31. The van der Waals surface area contributed by atoms with Crippen molar-refractivity contribution in [1.29, 1.82) is 0 Å². The van der Waals surface area contributed by atoms with Gasteiger partial charge in [0.05, 0.1) is 5.69 Å². The fraction of sp³-hybridized carbons (Fsp3) is 0.375. The van der Waals surface area contributed by atoms with Crippen LogP contribution in [0.1, 0.15) is 30.3 Å². The third-order valence-electron chi connectivity index (χ3n) is 3.85. The Morgan fingerprint density at radius 1 is 1.32 bits per heavy atom. The largest absolute Gasteiger partial charge is 0.348 e. The highest BCUT2D eigenvalue weighted by Crippen LogP contribution is 2.17. The Morgan fingerprint density at radius 3 is 2.82 bits per heavy atom. The van der Waals surface area contributed by atoms with Gasteiger partial charge in [-0.3, -0.25) is 9.89 Å². The van der Waals surface area contributed by atoms with Gasteiger partial charge in [-0.05, 0) is 32.4 Å². The van der Waals surface area contributed by atoms with Crippen LogP contribution in [-0.4, -0.2) is 34.7 Å². The topological polar surface area (TPSA) is 69.8 Å². The van der Waals surface area contributed by atoms with Crippen LogP contribution in [0.3, 0.4) is 0 Å². The fourth-order valence-electron chi connectivity index (χ4n) is 2.72. The lowest BCUT2D eigenvalue weighted by Crippen LogP contribution is -2.46. The predicted octanol–water partition coefficient (Wildman–Crippen LogP) is 2.37. The molecule has 2 atom stereocenters. The molecule has 6 heteroatoms. The number of nitrogens with one attached hydrogen (secondary N) is 3. The van der Waals surface area contributed by atoms with E-state index in [1.165, 1.54) is 0 Å². The van der Waals surface area contributed by atoms with E-state index in [0.717, 1.165) is 30.6 Å². The van der Waals surface area contributed by atoms with Gasteiger partial charge in [0.1, 0.15) is 5.69 Å². The van der Waals surface area contributed by atoms with Crippen LogP contribution in [-0.2, 0) is 0 Å². The molecule has 2 aromatic rings. The second-order valence-electron chi connectivity index (χ2n) is 5.58. The van der Waals surface area contributed by atoms with Crippen LogP contribution in [0.25, 0.3) is 11.3 Å². The van der Waals surface area contributed by atoms with Crippen LogP contribution in [0.15, 0.2) is 36.4 Å². The third-order valence-corrected chi connectivity index (χ3v) is 3.85.